The minimum Gasteiger partial charge on any atom is -0.268 e. The van der Waals surface area contributed by atoms with Gasteiger partial charge in [-0.15, -0.1) is 0 Å². The second-order valence-electron chi connectivity index (χ2n) is 3.88. The van der Waals surface area contributed by atoms with Gasteiger partial charge in [0.2, 0.25) is 10.0 Å². The molecular formula is C11H14ClNO3S. The molecule has 0 aliphatic carbocycles. The van der Waals surface area contributed by atoms with Crippen molar-refractivity contribution in [3.8, 4) is 0 Å². The Morgan fingerprint density at radius 1 is 1.35 bits per heavy atom. The molecule has 0 unspecified atom stereocenters. The average Bonchev–Trinajstić information content (AvgIpc) is 2.26. The predicted molar refractivity (Wildman–Crippen MR) is 67.6 cm³/mol. The van der Waals surface area contributed by atoms with Gasteiger partial charge in [0.25, 0.3) is 5.91 Å². The Bertz CT molecular complexity index is 525. The lowest BCUT2D eigenvalue weighted by Crippen LogP contribution is -2.37. The fourth-order valence-corrected chi connectivity index (χ4v) is 2.39. The number of sulfonamides is 1. The zero-order chi connectivity index (χ0) is 13.2. The van der Waals surface area contributed by atoms with E-state index in [4.69, 9.17) is 11.6 Å². The van der Waals surface area contributed by atoms with Crippen LogP contribution >= 0.6 is 11.6 Å². The van der Waals surface area contributed by atoms with E-state index in [-0.39, 0.29) is 5.56 Å². The molecule has 0 heterocycles. The van der Waals surface area contributed by atoms with Crippen molar-refractivity contribution >= 4 is 27.5 Å². The van der Waals surface area contributed by atoms with Gasteiger partial charge in [0.05, 0.1) is 5.25 Å². The monoisotopic (exact) mass is 275 g/mol. The Balaban J connectivity index is 3.07. The fraction of sp³-hybridized carbons (Fsp3) is 0.364. The van der Waals surface area contributed by atoms with Crippen molar-refractivity contribution in [3.63, 3.8) is 0 Å². The van der Waals surface area contributed by atoms with E-state index >= 15 is 0 Å². The number of carbonyl (C=O) groups excluding carboxylic acids is 1. The standard InChI is InChI=1S/C11H14ClNO3S/c1-8(2)17(15,16)13(3)11(14)9-5-4-6-10(12)7-9/h4-8H,1-3H3. The third-order valence-electron chi connectivity index (χ3n) is 2.34. The van der Waals surface area contributed by atoms with E-state index in [1.54, 1.807) is 12.1 Å². The number of hydrogen-bond donors (Lipinski definition) is 0. The van der Waals surface area contributed by atoms with Crippen LogP contribution in [-0.4, -0.2) is 30.9 Å². The molecule has 0 spiro atoms. The number of benzene rings is 1. The molecule has 1 aromatic carbocycles. The SMILES string of the molecule is CC(C)S(=O)(=O)N(C)C(=O)c1cccc(Cl)c1. The highest BCUT2D eigenvalue weighted by molar-refractivity contribution is 7.90. The van der Waals surface area contributed by atoms with Crippen molar-refractivity contribution in [1.82, 2.24) is 4.31 Å². The first kappa shape index (κ1) is 14.0. The highest BCUT2D eigenvalue weighted by Crippen LogP contribution is 2.15. The van der Waals surface area contributed by atoms with Gasteiger partial charge in [0.1, 0.15) is 0 Å². The summed E-state index contributed by atoms with van der Waals surface area (Å²) in [6, 6.07) is 6.19. The van der Waals surface area contributed by atoms with Crippen LogP contribution in [0, 0.1) is 0 Å². The summed E-state index contributed by atoms with van der Waals surface area (Å²) in [7, 11) is -2.35. The molecule has 1 amide bonds. The molecule has 1 rings (SSSR count). The molecule has 0 atom stereocenters. The number of carbonyl (C=O) groups is 1. The molecule has 6 heteroatoms. The Kier molecular flexibility index (Phi) is 4.16. The number of amides is 1. The quantitative estimate of drug-likeness (QED) is 0.849. The van der Waals surface area contributed by atoms with E-state index in [1.165, 1.54) is 33.0 Å². The lowest BCUT2D eigenvalue weighted by molar-refractivity contribution is 0.0882. The average molecular weight is 276 g/mol. The first-order chi connectivity index (χ1) is 7.76. The number of nitrogens with zero attached hydrogens (tertiary/aromatic N) is 1. The minimum atomic E-state index is -3.60. The van der Waals surface area contributed by atoms with Gasteiger partial charge in [-0.1, -0.05) is 17.7 Å². The summed E-state index contributed by atoms with van der Waals surface area (Å²) in [5.74, 6) is -0.582. The van der Waals surface area contributed by atoms with Crippen LogP contribution in [0.15, 0.2) is 24.3 Å². The summed E-state index contributed by atoms with van der Waals surface area (Å²) < 4.78 is 24.4. The van der Waals surface area contributed by atoms with Gasteiger partial charge in [-0.25, -0.2) is 12.7 Å². The Morgan fingerprint density at radius 3 is 2.41 bits per heavy atom. The van der Waals surface area contributed by atoms with Crippen molar-refractivity contribution < 1.29 is 13.2 Å². The van der Waals surface area contributed by atoms with Gasteiger partial charge in [-0.3, -0.25) is 4.79 Å². The van der Waals surface area contributed by atoms with Crippen molar-refractivity contribution in [2.24, 2.45) is 0 Å². The zero-order valence-corrected chi connectivity index (χ0v) is 11.4. The minimum absolute atomic E-state index is 0.254. The second kappa shape index (κ2) is 5.06. The van der Waals surface area contributed by atoms with Crippen LogP contribution in [0.4, 0.5) is 0 Å². The number of hydrogen-bond acceptors (Lipinski definition) is 3. The van der Waals surface area contributed by atoms with Crippen molar-refractivity contribution in [2.75, 3.05) is 7.05 Å². The molecular weight excluding hydrogens is 262 g/mol. The molecule has 17 heavy (non-hydrogen) atoms. The molecule has 94 valence electrons. The van der Waals surface area contributed by atoms with Crippen molar-refractivity contribution in [3.05, 3.63) is 34.9 Å². The summed E-state index contributed by atoms with van der Waals surface area (Å²) >= 11 is 5.75. The van der Waals surface area contributed by atoms with Gasteiger partial charge in [-0.05, 0) is 32.0 Å². The lowest BCUT2D eigenvalue weighted by atomic mass is 10.2. The maximum Gasteiger partial charge on any atom is 0.267 e. The molecule has 0 N–H and O–H groups in total. The highest BCUT2D eigenvalue weighted by atomic mass is 35.5. The molecule has 0 aliphatic rings. The van der Waals surface area contributed by atoms with E-state index in [0.29, 0.717) is 5.02 Å². The third kappa shape index (κ3) is 2.98. The van der Waals surface area contributed by atoms with Crippen LogP contribution in [-0.2, 0) is 10.0 Å². The molecule has 0 saturated carbocycles. The normalized spacial score (nSPS) is 11.6. The summed E-state index contributed by atoms with van der Waals surface area (Å²) in [4.78, 5) is 11.9. The summed E-state index contributed by atoms with van der Waals surface area (Å²) in [5.41, 5.74) is 0.254. The van der Waals surface area contributed by atoms with E-state index < -0.39 is 21.2 Å². The fourth-order valence-electron chi connectivity index (χ4n) is 1.24. The van der Waals surface area contributed by atoms with Gasteiger partial charge in [0.15, 0.2) is 0 Å². The number of halogens is 1. The molecule has 4 nitrogen and oxygen atoms in total. The van der Waals surface area contributed by atoms with Crippen LogP contribution in [0.1, 0.15) is 24.2 Å². The molecule has 0 fully saturated rings. The zero-order valence-electron chi connectivity index (χ0n) is 9.84. The Morgan fingerprint density at radius 2 is 1.94 bits per heavy atom. The van der Waals surface area contributed by atoms with Crippen LogP contribution < -0.4 is 0 Å². The van der Waals surface area contributed by atoms with E-state index in [1.807, 2.05) is 0 Å². The molecule has 1 aromatic rings. The van der Waals surface area contributed by atoms with E-state index in [2.05, 4.69) is 0 Å². The largest absolute Gasteiger partial charge is 0.268 e. The predicted octanol–water partition coefficient (Wildman–Crippen LogP) is 2.15. The van der Waals surface area contributed by atoms with Gasteiger partial charge in [0, 0.05) is 17.6 Å². The van der Waals surface area contributed by atoms with Gasteiger partial charge >= 0.3 is 0 Å². The Hall–Kier alpha value is -1.07. The topological polar surface area (TPSA) is 54.5 Å². The molecule has 0 saturated heterocycles. The maximum atomic E-state index is 11.9. The first-order valence-corrected chi connectivity index (χ1v) is 6.92. The smallest absolute Gasteiger partial charge is 0.267 e. The van der Waals surface area contributed by atoms with Crippen LogP contribution in [0.2, 0.25) is 5.02 Å². The van der Waals surface area contributed by atoms with Gasteiger partial charge < -0.3 is 0 Å². The van der Waals surface area contributed by atoms with E-state index in [9.17, 15) is 13.2 Å². The van der Waals surface area contributed by atoms with Gasteiger partial charge in [-0.2, -0.15) is 0 Å². The maximum absolute atomic E-state index is 11.9. The Labute approximate surface area is 106 Å². The van der Waals surface area contributed by atoms with Crippen molar-refractivity contribution in [2.45, 2.75) is 19.1 Å². The summed E-state index contributed by atoms with van der Waals surface area (Å²) in [6.45, 7) is 3.05. The van der Waals surface area contributed by atoms with Crippen molar-refractivity contribution in [1.29, 1.82) is 0 Å². The van der Waals surface area contributed by atoms with Crippen LogP contribution in [0.25, 0.3) is 0 Å². The molecule has 0 aromatic heterocycles. The van der Waals surface area contributed by atoms with Crippen LogP contribution in [0.5, 0.6) is 0 Å². The molecule has 0 radical (unpaired) electrons. The summed E-state index contributed by atoms with van der Waals surface area (Å²) in [5, 5.41) is -0.248. The van der Waals surface area contributed by atoms with E-state index in [0.717, 1.165) is 4.31 Å². The number of rotatable bonds is 3. The molecule has 0 bridgehead atoms. The highest BCUT2D eigenvalue weighted by Gasteiger charge is 2.27. The third-order valence-corrected chi connectivity index (χ3v) is 4.69. The first-order valence-electron chi connectivity index (χ1n) is 5.04. The molecule has 0 aliphatic heterocycles. The van der Waals surface area contributed by atoms with Crippen LogP contribution in [0.3, 0.4) is 0 Å². The second-order valence-corrected chi connectivity index (χ2v) is 6.83. The summed E-state index contributed by atoms with van der Waals surface area (Å²) in [6.07, 6.45) is 0. The lowest BCUT2D eigenvalue weighted by Gasteiger charge is -2.19.